The summed E-state index contributed by atoms with van der Waals surface area (Å²) in [5.74, 6) is 1.08. The average molecular weight is 399 g/mol. The van der Waals surface area contributed by atoms with Gasteiger partial charge < -0.3 is 14.7 Å². The molecular weight excluding hydrogens is 368 g/mol. The van der Waals surface area contributed by atoms with Gasteiger partial charge in [-0.3, -0.25) is 9.59 Å². The van der Waals surface area contributed by atoms with E-state index in [9.17, 15) is 9.59 Å². The molecule has 29 heavy (non-hydrogen) atoms. The number of nitrogens with zero attached hydrogens (tertiary/aromatic N) is 3. The van der Waals surface area contributed by atoms with E-state index in [1.807, 2.05) is 44.7 Å². The number of aromatic nitrogens is 2. The number of para-hydroxylation sites is 1. The Labute approximate surface area is 171 Å². The molecule has 1 aromatic carbocycles. The Bertz CT molecular complexity index is 876. The number of nitrogens with one attached hydrogen (secondary N) is 1. The van der Waals surface area contributed by atoms with Crippen LogP contribution in [0.3, 0.4) is 0 Å². The fourth-order valence-corrected chi connectivity index (χ4v) is 3.37. The molecule has 2 amide bonds. The van der Waals surface area contributed by atoms with Crippen LogP contribution in [0, 0.1) is 6.92 Å². The fraction of sp³-hybridized carbons (Fsp3) is 0.545. The molecule has 3 rings (SSSR count). The number of amides is 2. The number of anilines is 1. The summed E-state index contributed by atoms with van der Waals surface area (Å²) in [5.41, 5.74) is 1.90. The lowest BCUT2D eigenvalue weighted by molar-refractivity contribution is -0.116. The van der Waals surface area contributed by atoms with Crippen LogP contribution in [0.5, 0.6) is 0 Å². The zero-order valence-electron chi connectivity index (χ0n) is 17.7. The van der Waals surface area contributed by atoms with Crippen LogP contribution in [0.4, 0.5) is 5.69 Å². The maximum Gasteiger partial charge on any atom is 0.255 e. The highest BCUT2D eigenvalue weighted by atomic mass is 16.5. The number of carbonyl (C=O) groups is 2. The predicted molar refractivity (Wildman–Crippen MR) is 111 cm³/mol. The molecule has 1 aliphatic heterocycles. The van der Waals surface area contributed by atoms with E-state index >= 15 is 0 Å². The van der Waals surface area contributed by atoms with Crippen LogP contribution >= 0.6 is 0 Å². The van der Waals surface area contributed by atoms with E-state index in [4.69, 9.17) is 4.52 Å². The molecule has 0 bridgehead atoms. The Morgan fingerprint density at radius 1 is 1.21 bits per heavy atom. The maximum absolute atomic E-state index is 12.8. The average Bonchev–Trinajstić information content (AvgIpc) is 3.34. The van der Waals surface area contributed by atoms with Crippen molar-refractivity contribution in [3.8, 4) is 0 Å². The van der Waals surface area contributed by atoms with E-state index in [1.165, 1.54) is 0 Å². The molecule has 2 heterocycles. The van der Waals surface area contributed by atoms with Gasteiger partial charge in [0.15, 0.2) is 5.82 Å². The molecule has 2 aromatic rings. The van der Waals surface area contributed by atoms with E-state index in [0.29, 0.717) is 42.2 Å². The molecule has 0 saturated carbocycles. The molecule has 7 heteroatoms. The number of carbonyl (C=O) groups excluding carboxylic acids is 2. The lowest BCUT2D eigenvalue weighted by Crippen LogP contribution is -2.29. The highest BCUT2D eigenvalue weighted by molar-refractivity contribution is 6.04. The van der Waals surface area contributed by atoms with Crippen molar-refractivity contribution in [2.24, 2.45) is 0 Å². The van der Waals surface area contributed by atoms with Gasteiger partial charge in [-0.25, -0.2) is 0 Å². The monoisotopic (exact) mass is 398 g/mol. The molecule has 156 valence electrons. The van der Waals surface area contributed by atoms with Crippen molar-refractivity contribution in [1.29, 1.82) is 0 Å². The van der Waals surface area contributed by atoms with Crippen molar-refractivity contribution in [2.75, 3.05) is 18.4 Å². The van der Waals surface area contributed by atoms with Gasteiger partial charge in [-0.2, -0.15) is 4.98 Å². The van der Waals surface area contributed by atoms with Gasteiger partial charge in [0.05, 0.1) is 11.3 Å². The summed E-state index contributed by atoms with van der Waals surface area (Å²) >= 11 is 0. The molecule has 0 radical (unpaired) electrons. The molecule has 1 fully saturated rings. The van der Waals surface area contributed by atoms with Crippen molar-refractivity contribution in [3.63, 3.8) is 0 Å². The maximum atomic E-state index is 12.8. The summed E-state index contributed by atoms with van der Waals surface area (Å²) in [6, 6.07) is 5.55. The Kier molecular flexibility index (Phi) is 6.35. The van der Waals surface area contributed by atoms with Crippen LogP contribution in [-0.4, -0.2) is 39.9 Å². The smallest absolute Gasteiger partial charge is 0.255 e. The lowest BCUT2D eigenvalue weighted by Gasteiger charge is -2.19. The SMILES string of the molecule is Cc1cccc(C(=O)N2CCCC2)c1NC(=O)CCCc1nc(C(C)(C)C)no1. The number of hydrogen-bond donors (Lipinski definition) is 1. The van der Waals surface area contributed by atoms with Crippen molar-refractivity contribution in [1.82, 2.24) is 15.0 Å². The summed E-state index contributed by atoms with van der Waals surface area (Å²) in [6.45, 7) is 9.54. The van der Waals surface area contributed by atoms with Gasteiger partial charge in [0, 0.05) is 31.3 Å². The third kappa shape index (κ3) is 5.22. The lowest BCUT2D eigenvalue weighted by atomic mass is 9.96. The third-order valence-electron chi connectivity index (χ3n) is 5.09. The molecule has 1 aromatic heterocycles. The Hall–Kier alpha value is -2.70. The van der Waals surface area contributed by atoms with Gasteiger partial charge in [-0.05, 0) is 37.8 Å². The highest BCUT2D eigenvalue weighted by Crippen LogP contribution is 2.24. The summed E-state index contributed by atoms with van der Waals surface area (Å²) in [7, 11) is 0. The topological polar surface area (TPSA) is 88.3 Å². The predicted octanol–water partition coefficient (Wildman–Crippen LogP) is 3.87. The van der Waals surface area contributed by atoms with Gasteiger partial charge in [-0.15, -0.1) is 0 Å². The van der Waals surface area contributed by atoms with Crippen molar-refractivity contribution < 1.29 is 14.1 Å². The second-order valence-electron chi connectivity index (χ2n) is 8.66. The quantitative estimate of drug-likeness (QED) is 0.798. The first-order valence-electron chi connectivity index (χ1n) is 10.3. The van der Waals surface area contributed by atoms with Crippen LogP contribution < -0.4 is 5.32 Å². The first-order valence-corrected chi connectivity index (χ1v) is 10.3. The Balaban J connectivity index is 1.59. The Morgan fingerprint density at radius 2 is 1.93 bits per heavy atom. The minimum atomic E-state index is -0.164. The second kappa shape index (κ2) is 8.76. The molecule has 0 unspecified atom stereocenters. The van der Waals surface area contributed by atoms with E-state index in [0.717, 1.165) is 31.5 Å². The van der Waals surface area contributed by atoms with Crippen LogP contribution in [0.1, 0.15) is 74.1 Å². The van der Waals surface area contributed by atoms with Crippen molar-refractivity contribution in [3.05, 3.63) is 41.0 Å². The highest BCUT2D eigenvalue weighted by Gasteiger charge is 2.24. The van der Waals surface area contributed by atoms with Gasteiger partial charge in [0.25, 0.3) is 5.91 Å². The molecule has 7 nitrogen and oxygen atoms in total. The third-order valence-corrected chi connectivity index (χ3v) is 5.09. The zero-order chi connectivity index (χ0) is 21.0. The number of hydrogen-bond acceptors (Lipinski definition) is 5. The van der Waals surface area contributed by atoms with Crippen LogP contribution in [0.2, 0.25) is 0 Å². The molecular formula is C22H30N4O3. The normalized spacial score (nSPS) is 14.3. The molecule has 1 saturated heterocycles. The van der Waals surface area contributed by atoms with Crippen molar-refractivity contribution in [2.45, 2.75) is 65.2 Å². The molecule has 0 atom stereocenters. The standard InChI is InChI=1S/C22H30N4O3/c1-15-9-7-10-16(20(28)26-13-5-6-14-26)19(15)23-17(27)11-8-12-18-24-21(25-29-18)22(2,3)4/h7,9-10H,5-6,8,11-14H2,1-4H3,(H,23,27). The molecule has 0 spiro atoms. The van der Waals surface area contributed by atoms with Crippen LogP contribution in [0.25, 0.3) is 0 Å². The van der Waals surface area contributed by atoms with E-state index in [-0.39, 0.29) is 17.2 Å². The first-order chi connectivity index (χ1) is 13.8. The fourth-order valence-electron chi connectivity index (χ4n) is 3.37. The van der Waals surface area contributed by atoms with Crippen LogP contribution in [-0.2, 0) is 16.6 Å². The summed E-state index contributed by atoms with van der Waals surface area (Å²) in [6.07, 6.45) is 3.53. The largest absolute Gasteiger partial charge is 0.339 e. The van der Waals surface area contributed by atoms with Gasteiger partial charge >= 0.3 is 0 Å². The Morgan fingerprint density at radius 3 is 2.59 bits per heavy atom. The summed E-state index contributed by atoms with van der Waals surface area (Å²) in [4.78, 5) is 31.6. The van der Waals surface area contributed by atoms with Crippen molar-refractivity contribution >= 4 is 17.5 Å². The van der Waals surface area contributed by atoms with Gasteiger partial charge in [0.1, 0.15) is 0 Å². The number of aryl methyl sites for hydroxylation is 2. The van der Waals surface area contributed by atoms with E-state index in [2.05, 4.69) is 15.5 Å². The second-order valence-corrected chi connectivity index (χ2v) is 8.66. The number of likely N-dealkylation sites (tertiary alicyclic amines) is 1. The van der Waals surface area contributed by atoms with E-state index in [1.54, 1.807) is 6.07 Å². The van der Waals surface area contributed by atoms with Crippen LogP contribution in [0.15, 0.2) is 22.7 Å². The summed E-state index contributed by atoms with van der Waals surface area (Å²) in [5, 5.41) is 6.95. The summed E-state index contributed by atoms with van der Waals surface area (Å²) < 4.78 is 5.27. The molecule has 1 N–H and O–H groups in total. The minimum Gasteiger partial charge on any atom is -0.339 e. The molecule has 0 aliphatic carbocycles. The first kappa shape index (κ1) is 21.0. The molecule has 1 aliphatic rings. The number of benzene rings is 1. The number of rotatable bonds is 6. The van der Waals surface area contributed by atoms with Gasteiger partial charge in [-0.1, -0.05) is 38.1 Å². The zero-order valence-corrected chi connectivity index (χ0v) is 17.7. The van der Waals surface area contributed by atoms with Gasteiger partial charge in [0.2, 0.25) is 11.8 Å². The minimum absolute atomic E-state index is 0.0120. The van der Waals surface area contributed by atoms with E-state index < -0.39 is 0 Å².